The molecule has 3 saturated heterocycles. The number of hydrogen-bond donors (Lipinski definition) is 1. The van der Waals surface area contributed by atoms with Gasteiger partial charge in [-0.3, -0.25) is 9.69 Å². The lowest BCUT2D eigenvalue weighted by Gasteiger charge is -2.31. The number of rotatable bonds is 3. The van der Waals surface area contributed by atoms with E-state index in [0.29, 0.717) is 23.9 Å². The molecule has 4 fully saturated rings. The molecule has 25 heavy (non-hydrogen) atoms. The number of carbonyl (C=O) groups is 1. The number of fused-ring (bicyclic) bond motifs is 2. The summed E-state index contributed by atoms with van der Waals surface area (Å²) in [7, 11) is 0. The highest BCUT2D eigenvalue weighted by Gasteiger charge is 2.35. The maximum atomic E-state index is 12.8. The Hall–Kier alpha value is -0.0300. The van der Waals surface area contributed by atoms with Gasteiger partial charge in [0.15, 0.2) is 0 Å². The molecular weight excluding hydrogens is 357 g/mol. The monoisotopic (exact) mass is 391 g/mol. The molecule has 0 radical (unpaired) electrons. The first-order valence-corrected chi connectivity index (χ1v) is 10.1. The van der Waals surface area contributed by atoms with E-state index in [0.717, 1.165) is 32.1 Å². The van der Waals surface area contributed by atoms with Crippen LogP contribution in [0.15, 0.2) is 0 Å². The fourth-order valence-corrected chi connectivity index (χ4v) is 5.54. The number of hydrogen-bond acceptors (Lipinski definition) is 3. The summed E-state index contributed by atoms with van der Waals surface area (Å²) in [6.07, 6.45) is 12.7. The Kier molecular flexibility index (Phi) is 8.32. The van der Waals surface area contributed by atoms with E-state index >= 15 is 0 Å². The Bertz CT molecular complexity index is 419. The highest BCUT2D eigenvalue weighted by Crippen LogP contribution is 2.33. The van der Waals surface area contributed by atoms with Crippen LogP contribution >= 0.6 is 24.8 Å². The van der Waals surface area contributed by atoms with Gasteiger partial charge < -0.3 is 10.2 Å². The third kappa shape index (κ3) is 5.24. The first-order valence-electron chi connectivity index (χ1n) is 10.1. The van der Waals surface area contributed by atoms with Gasteiger partial charge in [-0.15, -0.1) is 24.8 Å². The summed E-state index contributed by atoms with van der Waals surface area (Å²) in [5.41, 5.74) is 0. The van der Waals surface area contributed by atoms with E-state index in [2.05, 4.69) is 15.1 Å². The topological polar surface area (TPSA) is 35.6 Å². The van der Waals surface area contributed by atoms with E-state index in [1.54, 1.807) is 0 Å². The number of nitrogens with zero attached hydrogens (tertiary/aromatic N) is 2. The molecule has 6 heteroatoms. The number of nitrogens with one attached hydrogen (secondary N) is 1. The summed E-state index contributed by atoms with van der Waals surface area (Å²) in [6.45, 7) is 4.26. The van der Waals surface area contributed by atoms with Crippen molar-refractivity contribution < 1.29 is 4.79 Å². The van der Waals surface area contributed by atoms with Gasteiger partial charge in [0.2, 0.25) is 5.91 Å². The summed E-state index contributed by atoms with van der Waals surface area (Å²) in [4.78, 5) is 17.6. The van der Waals surface area contributed by atoms with Gasteiger partial charge >= 0.3 is 0 Å². The number of amides is 1. The fraction of sp³-hybridized carbons (Fsp3) is 0.947. The number of carbonyl (C=O) groups excluding carboxylic acids is 1. The molecule has 1 amide bonds. The second-order valence-corrected chi connectivity index (χ2v) is 8.39. The zero-order valence-electron chi connectivity index (χ0n) is 15.3. The molecule has 2 atom stereocenters. The molecule has 2 unspecified atom stereocenters. The van der Waals surface area contributed by atoms with Crippen molar-refractivity contribution in [3.63, 3.8) is 0 Å². The highest BCUT2D eigenvalue weighted by molar-refractivity contribution is 5.85. The van der Waals surface area contributed by atoms with Crippen LogP contribution in [0.25, 0.3) is 0 Å². The van der Waals surface area contributed by atoms with Gasteiger partial charge in [-0.1, -0.05) is 12.8 Å². The SMILES string of the molecule is Cl.Cl.O=C(CC1CC2CCC(C1)N2)N1CCCN(C2CCCC2)CC1. The Labute approximate surface area is 165 Å². The molecule has 4 nitrogen and oxygen atoms in total. The summed E-state index contributed by atoms with van der Waals surface area (Å²) in [5, 5.41) is 3.69. The van der Waals surface area contributed by atoms with Gasteiger partial charge in [-0.2, -0.15) is 0 Å². The second-order valence-electron chi connectivity index (χ2n) is 8.39. The van der Waals surface area contributed by atoms with Crippen molar-refractivity contribution in [1.82, 2.24) is 15.1 Å². The molecule has 0 spiro atoms. The minimum Gasteiger partial charge on any atom is -0.341 e. The summed E-state index contributed by atoms with van der Waals surface area (Å²) in [5.74, 6) is 1.07. The fourth-order valence-electron chi connectivity index (χ4n) is 5.54. The summed E-state index contributed by atoms with van der Waals surface area (Å²) in [6, 6.07) is 2.21. The van der Waals surface area contributed by atoms with Crippen molar-refractivity contribution >= 4 is 30.7 Å². The summed E-state index contributed by atoms with van der Waals surface area (Å²) >= 11 is 0. The molecule has 0 aromatic rings. The molecule has 4 rings (SSSR count). The molecular formula is C19H35Cl2N3O. The van der Waals surface area contributed by atoms with Gasteiger partial charge in [0, 0.05) is 50.7 Å². The minimum absolute atomic E-state index is 0. The Morgan fingerprint density at radius 3 is 2.20 bits per heavy atom. The maximum Gasteiger partial charge on any atom is 0.222 e. The quantitative estimate of drug-likeness (QED) is 0.801. The Balaban J connectivity index is 0.00000113. The molecule has 4 aliphatic rings. The van der Waals surface area contributed by atoms with Crippen LogP contribution in [0.4, 0.5) is 0 Å². The van der Waals surface area contributed by atoms with E-state index in [1.165, 1.54) is 64.3 Å². The standard InChI is InChI=1S/C19H33N3O.2ClH/c23-19(14-15-12-16-6-7-17(13-15)20-16)22-9-3-8-21(10-11-22)18-4-1-2-5-18;;/h15-18,20H,1-14H2;2*1H. The zero-order valence-corrected chi connectivity index (χ0v) is 17.0. The van der Waals surface area contributed by atoms with Gasteiger partial charge in [-0.25, -0.2) is 0 Å². The van der Waals surface area contributed by atoms with Crippen molar-refractivity contribution in [1.29, 1.82) is 0 Å². The first kappa shape index (κ1) is 21.3. The molecule has 1 saturated carbocycles. The zero-order chi connectivity index (χ0) is 15.6. The lowest BCUT2D eigenvalue weighted by Crippen LogP contribution is -2.41. The van der Waals surface area contributed by atoms with E-state index < -0.39 is 0 Å². The van der Waals surface area contributed by atoms with E-state index in [4.69, 9.17) is 0 Å². The second kappa shape index (κ2) is 9.77. The molecule has 1 aliphatic carbocycles. The van der Waals surface area contributed by atoms with Crippen molar-refractivity contribution in [2.45, 2.75) is 82.3 Å². The molecule has 2 bridgehead atoms. The predicted molar refractivity (Wildman–Crippen MR) is 107 cm³/mol. The van der Waals surface area contributed by atoms with Gasteiger partial charge in [-0.05, 0) is 50.9 Å². The normalized spacial score (nSPS) is 33.4. The highest BCUT2D eigenvalue weighted by atomic mass is 35.5. The van der Waals surface area contributed by atoms with Gasteiger partial charge in [0.1, 0.15) is 0 Å². The molecule has 146 valence electrons. The van der Waals surface area contributed by atoms with Crippen LogP contribution in [0.5, 0.6) is 0 Å². The van der Waals surface area contributed by atoms with Crippen molar-refractivity contribution in [2.75, 3.05) is 26.2 Å². The smallest absolute Gasteiger partial charge is 0.222 e. The van der Waals surface area contributed by atoms with Crippen LogP contribution in [0.3, 0.4) is 0 Å². The third-order valence-corrected chi connectivity index (χ3v) is 6.76. The molecule has 3 heterocycles. The van der Waals surface area contributed by atoms with Crippen LogP contribution in [-0.2, 0) is 4.79 Å². The maximum absolute atomic E-state index is 12.8. The predicted octanol–water partition coefficient (Wildman–Crippen LogP) is 3.23. The summed E-state index contributed by atoms with van der Waals surface area (Å²) < 4.78 is 0. The van der Waals surface area contributed by atoms with Crippen LogP contribution in [0, 0.1) is 5.92 Å². The minimum atomic E-state index is 0. The largest absolute Gasteiger partial charge is 0.341 e. The first-order chi connectivity index (χ1) is 11.3. The lowest BCUT2D eigenvalue weighted by atomic mass is 9.89. The van der Waals surface area contributed by atoms with Crippen LogP contribution in [-0.4, -0.2) is 60.0 Å². The van der Waals surface area contributed by atoms with Crippen molar-refractivity contribution in [3.05, 3.63) is 0 Å². The van der Waals surface area contributed by atoms with Crippen molar-refractivity contribution in [2.24, 2.45) is 5.92 Å². The number of piperidine rings is 1. The molecule has 0 aromatic carbocycles. The lowest BCUT2D eigenvalue weighted by molar-refractivity contribution is -0.132. The van der Waals surface area contributed by atoms with Crippen LogP contribution in [0.2, 0.25) is 0 Å². The molecule has 1 N–H and O–H groups in total. The van der Waals surface area contributed by atoms with Gasteiger partial charge in [0.25, 0.3) is 0 Å². The van der Waals surface area contributed by atoms with E-state index in [-0.39, 0.29) is 24.8 Å². The molecule has 3 aliphatic heterocycles. The molecule has 0 aromatic heterocycles. The van der Waals surface area contributed by atoms with Crippen LogP contribution in [0.1, 0.15) is 64.2 Å². The Morgan fingerprint density at radius 1 is 0.840 bits per heavy atom. The number of halogens is 2. The Morgan fingerprint density at radius 2 is 1.52 bits per heavy atom. The van der Waals surface area contributed by atoms with Crippen molar-refractivity contribution in [3.8, 4) is 0 Å². The van der Waals surface area contributed by atoms with Crippen LogP contribution < -0.4 is 5.32 Å². The third-order valence-electron chi connectivity index (χ3n) is 6.76. The van der Waals surface area contributed by atoms with E-state index in [1.807, 2.05) is 0 Å². The average molecular weight is 392 g/mol. The van der Waals surface area contributed by atoms with E-state index in [9.17, 15) is 4.79 Å². The average Bonchev–Trinajstić information content (AvgIpc) is 3.11. The van der Waals surface area contributed by atoms with Gasteiger partial charge in [0.05, 0.1) is 0 Å².